The van der Waals surface area contributed by atoms with Crippen LogP contribution in [0.15, 0.2) is 12.7 Å². The van der Waals surface area contributed by atoms with Gasteiger partial charge < -0.3 is 9.64 Å². The largest absolute Gasteiger partial charge is 0.446 e. The lowest BCUT2D eigenvalue weighted by Crippen LogP contribution is -2.41. The van der Waals surface area contributed by atoms with E-state index in [1.165, 1.54) is 19.3 Å². The van der Waals surface area contributed by atoms with Crippen LogP contribution in [0.5, 0.6) is 0 Å². The Morgan fingerprint density at radius 3 is 2.65 bits per heavy atom. The average Bonchev–Trinajstić information content (AvgIpc) is 2.40. The quantitative estimate of drug-likeness (QED) is 0.689. The van der Waals surface area contributed by atoms with Crippen LogP contribution in [0.1, 0.15) is 44.9 Å². The number of piperidine rings is 1. The second kappa shape index (κ2) is 6.08. The second-order valence-corrected chi connectivity index (χ2v) is 5.23. The molecule has 1 aliphatic heterocycles. The highest BCUT2D eigenvalue weighted by Crippen LogP contribution is 2.23. The lowest BCUT2D eigenvalue weighted by Gasteiger charge is -2.32. The summed E-state index contributed by atoms with van der Waals surface area (Å²) in [7, 11) is 0. The molecule has 2 aliphatic rings. The SMILES string of the molecule is C=C[C@H]1CCCN(C(=O)OC2CCCCC2)C1. The van der Waals surface area contributed by atoms with Crippen molar-refractivity contribution in [3.05, 3.63) is 12.7 Å². The Kier molecular flexibility index (Phi) is 4.46. The first-order chi connectivity index (χ1) is 8.29. The predicted molar refractivity (Wildman–Crippen MR) is 67.8 cm³/mol. The van der Waals surface area contributed by atoms with Gasteiger partial charge in [-0.15, -0.1) is 6.58 Å². The van der Waals surface area contributed by atoms with Crippen LogP contribution in [0.2, 0.25) is 0 Å². The van der Waals surface area contributed by atoms with E-state index in [0.717, 1.165) is 38.8 Å². The summed E-state index contributed by atoms with van der Waals surface area (Å²) in [5.41, 5.74) is 0. The molecule has 17 heavy (non-hydrogen) atoms. The molecule has 0 unspecified atom stereocenters. The molecule has 0 radical (unpaired) electrons. The summed E-state index contributed by atoms with van der Waals surface area (Å²) in [5.74, 6) is 0.447. The minimum absolute atomic E-state index is 0.108. The fourth-order valence-electron chi connectivity index (χ4n) is 2.77. The van der Waals surface area contributed by atoms with Crippen molar-refractivity contribution in [1.82, 2.24) is 4.90 Å². The lowest BCUT2D eigenvalue weighted by molar-refractivity contribution is 0.0384. The minimum atomic E-state index is -0.108. The number of hydrogen-bond acceptors (Lipinski definition) is 2. The molecule has 1 saturated heterocycles. The smallest absolute Gasteiger partial charge is 0.410 e. The van der Waals surface area contributed by atoms with Gasteiger partial charge in [-0.1, -0.05) is 12.5 Å². The van der Waals surface area contributed by atoms with Gasteiger partial charge in [-0.25, -0.2) is 4.79 Å². The summed E-state index contributed by atoms with van der Waals surface area (Å²) in [6.45, 7) is 5.44. The van der Waals surface area contributed by atoms with Crippen LogP contribution in [0, 0.1) is 5.92 Å². The molecule has 0 aromatic heterocycles. The number of carbonyl (C=O) groups is 1. The highest BCUT2D eigenvalue weighted by molar-refractivity contribution is 5.68. The first-order valence-corrected chi connectivity index (χ1v) is 6.87. The van der Waals surface area contributed by atoms with Crippen molar-refractivity contribution in [2.75, 3.05) is 13.1 Å². The summed E-state index contributed by atoms with van der Waals surface area (Å²) >= 11 is 0. The van der Waals surface area contributed by atoms with E-state index in [-0.39, 0.29) is 12.2 Å². The molecule has 1 heterocycles. The number of nitrogens with zero attached hydrogens (tertiary/aromatic N) is 1. The third kappa shape index (κ3) is 3.48. The van der Waals surface area contributed by atoms with Gasteiger partial charge in [0.05, 0.1) is 0 Å². The Labute approximate surface area is 104 Å². The standard InChI is InChI=1S/C14H23NO2/c1-2-12-7-6-10-15(11-12)14(16)17-13-8-4-3-5-9-13/h2,12-13H,1,3-11H2/t12-/m0/s1. The zero-order chi connectivity index (χ0) is 12.1. The van der Waals surface area contributed by atoms with Crippen molar-refractivity contribution in [3.8, 4) is 0 Å². The van der Waals surface area contributed by atoms with E-state index in [0.29, 0.717) is 5.92 Å². The molecule has 1 aliphatic carbocycles. The summed E-state index contributed by atoms with van der Waals surface area (Å²) in [6, 6.07) is 0. The summed E-state index contributed by atoms with van der Waals surface area (Å²) < 4.78 is 5.58. The number of carbonyl (C=O) groups excluding carboxylic acids is 1. The number of likely N-dealkylation sites (tertiary alicyclic amines) is 1. The van der Waals surface area contributed by atoms with E-state index >= 15 is 0 Å². The molecule has 2 fully saturated rings. The van der Waals surface area contributed by atoms with E-state index in [4.69, 9.17) is 4.74 Å². The molecule has 1 saturated carbocycles. The predicted octanol–water partition coefficient (Wildman–Crippen LogP) is 3.35. The number of amides is 1. The fraction of sp³-hybridized carbons (Fsp3) is 0.786. The maximum atomic E-state index is 12.0. The number of ether oxygens (including phenoxy) is 1. The van der Waals surface area contributed by atoms with E-state index < -0.39 is 0 Å². The minimum Gasteiger partial charge on any atom is -0.446 e. The molecule has 96 valence electrons. The first-order valence-electron chi connectivity index (χ1n) is 6.87. The van der Waals surface area contributed by atoms with Crippen LogP contribution in [0.25, 0.3) is 0 Å². The van der Waals surface area contributed by atoms with Crippen LogP contribution in [0.4, 0.5) is 4.79 Å². The maximum Gasteiger partial charge on any atom is 0.410 e. The Balaban J connectivity index is 1.79. The summed E-state index contributed by atoms with van der Waals surface area (Å²) in [6.07, 6.45) is 10.0. The van der Waals surface area contributed by atoms with Crippen LogP contribution in [-0.4, -0.2) is 30.2 Å². The molecule has 1 atom stereocenters. The molecule has 0 aromatic carbocycles. The Morgan fingerprint density at radius 1 is 1.18 bits per heavy atom. The third-order valence-corrected chi connectivity index (χ3v) is 3.87. The first kappa shape index (κ1) is 12.5. The van der Waals surface area contributed by atoms with Crippen LogP contribution in [0.3, 0.4) is 0 Å². The average molecular weight is 237 g/mol. The molecule has 1 amide bonds. The van der Waals surface area contributed by atoms with Crippen molar-refractivity contribution in [2.24, 2.45) is 5.92 Å². The van der Waals surface area contributed by atoms with Gasteiger partial charge in [-0.2, -0.15) is 0 Å². The van der Waals surface area contributed by atoms with E-state index in [2.05, 4.69) is 6.58 Å². The van der Waals surface area contributed by atoms with E-state index in [9.17, 15) is 4.79 Å². The molecule has 3 nitrogen and oxygen atoms in total. The second-order valence-electron chi connectivity index (χ2n) is 5.23. The third-order valence-electron chi connectivity index (χ3n) is 3.87. The van der Waals surface area contributed by atoms with Crippen molar-refractivity contribution in [3.63, 3.8) is 0 Å². The van der Waals surface area contributed by atoms with Crippen LogP contribution < -0.4 is 0 Å². The van der Waals surface area contributed by atoms with Gasteiger partial charge in [-0.3, -0.25) is 0 Å². The molecule has 0 bridgehead atoms. The van der Waals surface area contributed by atoms with Gasteiger partial charge in [0.25, 0.3) is 0 Å². The van der Waals surface area contributed by atoms with Gasteiger partial charge in [0.15, 0.2) is 0 Å². The van der Waals surface area contributed by atoms with Crippen LogP contribution in [-0.2, 0) is 4.74 Å². The number of rotatable bonds is 2. The van der Waals surface area contributed by atoms with Gasteiger partial charge >= 0.3 is 6.09 Å². The zero-order valence-electron chi connectivity index (χ0n) is 10.6. The lowest BCUT2D eigenvalue weighted by atomic mass is 9.97. The monoisotopic (exact) mass is 237 g/mol. The van der Waals surface area contributed by atoms with Crippen molar-refractivity contribution < 1.29 is 9.53 Å². The summed E-state index contributed by atoms with van der Waals surface area (Å²) in [5, 5.41) is 0. The maximum absolute atomic E-state index is 12.0. The Hall–Kier alpha value is -0.990. The normalized spacial score (nSPS) is 26.6. The molecule has 2 rings (SSSR count). The molecular formula is C14H23NO2. The zero-order valence-corrected chi connectivity index (χ0v) is 10.6. The van der Waals surface area contributed by atoms with Crippen molar-refractivity contribution in [1.29, 1.82) is 0 Å². The van der Waals surface area contributed by atoms with Crippen LogP contribution >= 0.6 is 0 Å². The highest BCUT2D eigenvalue weighted by Gasteiger charge is 2.25. The van der Waals surface area contributed by atoms with Gasteiger partial charge in [0.1, 0.15) is 6.10 Å². The van der Waals surface area contributed by atoms with Gasteiger partial charge in [0.2, 0.25) is 0 Å². The van der Waals surface area contributed by atoms with Crippen molar-refractivity contribution in [2.45, 2.75) is 51.0 Å². The highest BCUT2D eigenvalue weighted by atomic mass is 16.6. The molecule has 0 N–H and O–H groups in total. The Bertz CT molecular complexity index is 271. The van der Waals surface area contributed by atoms with Crippen molar-refractivity contribution >= 4 is 6.09 Å². The fourth-order valence-corrected chi connectivity index (χ4v) is 2.77. The molecule has 0 spiro atoms. The van der Waals surface area contributed by atoms with E-state index in [1.807, 2.05) is 11.0 Å². The molecule has 3 heteroatoms. The van der Waals surface area contributed by atoms with Gasteiger partial charge in [-0.05, 0) is 44.4 Å². The molecular weight excluding hydrogens is 214 g/mol. The number of hydrogen-bond donors (Lipinski definition) is 0. The topological polar surface area (TPSA) is 29.5 Å². The molecule has 0 aromatic rings. The Morgan fingerprint density at radius 2 is 1.94 bits per heavy atom. The summed E-state index contributed by atoms with van der Waals surface area (Å²) in [4.78, 5) is 13.8. The van der Waals surface area contributed by atoms with E-state index in [1.54, 1.807) is 0 Å². The van der Waals surface area contributed by atoms with Gasteiger partial charge in [0, 0.05) is 13.1 Å².